The van der Waals surface area contributed by atoms with Crippen LogP contribution < -0.4 is 4.90 Å². The normalized spacial score (nSPS) is 14.4. The van der Waals surface area contributed by atoms with Crippen LogP contribution in [0.15, 0.2) is 168 Å². The van der Waals surface area contributed by atoms with Gasteiger partial charge in [0.2, 0.25) is 0 Å². The Hall–Kier alpha value is -6.84. The number of anilines is 3. The molecular formula is C51H34N2O. The molecule has 2 aromatic heterocycles. The Morgan fingerprint density at radius 3 is 2.24 bits per heavy atom. The van der Waals surface area contributed by atoms with Crippen molar-refractivity contribution in [3.8, 4) is 27.9 Å². The Morgan fingerprint density at radius 1 is 0.574 bits per heavy atom. The highest BCUT2D eigenvalue weighted by atomic mass is 16.3. The van der Waals surface area contributed by atoms with Gasteiger partial charge in [-0.1, -0.05) is 116 Å². The second-order valence-corrected chi connectivity index (χ2v) is 15.0. The minimum absolute atomic E-state index is 0.512. The number of hydrogen-bond acceptors (Lipinski definition) is 2. The van der Waals surface area contributed by atoms with E-state index in [1.807, 2.05) is 6.07 Å². The molecule has 0 aliphatic heterocycles. The van der Waals surface area contributed by atoms with Crippen LogP contribution in [-0.4, -0.2) is 4.57 Å². The number of furan rings is 1. The minimum Gasteiger partial charge on any atom is -0.456 e. The number of benzene rings is 8. The molecule has 254 valence electrons. The fourth-order valence-corrected chi connectivity index (χ4v) is 9.50. The standard InChI is InChI=1S/C51H34N2O/c1-31-21-24-37-33(27-31)28-32-11-9-16-41-42-17-10-19-45(50(42)51(37)49(32)41)52(35-23-26-48-43(29-35)40-15-6-8-20-47(40)54-48)36-22-25-39-38-14-5-7-18-44(38)53(46(39)30-36)34-12-3-2-4-13-34/h2-26,28-31H,27H2,1H3. The number of hydrogen-bond donors (Lipinski definition) is 0. The van der Waals surface area contributed by atoms with Gasteiger partial charge in [0.1, 0.15) is 11.2 Å². The Bertz CT molecular complexity index is 3220. The number of allylic oxidation sites excluding steroid dienone is 1. The van der Waals surface area contributed by atoms with Gasteiger partial charge in [0.15, 0.2) is 0 Å². The van der Waals surface area contributed by atoms with Gasteiger partial charge >= 0.3 is 0 Å². The van der Waals surface area contributed by atoms with Crippen molar-refractivity contribution in [2.75, 3.05) is 4.90 Å². The smallest absolute Gasteiger partial charge is 0.135 e. The van der Waals surface area contributed by atoms with E-state index in [1.165, 1.54) is 71.6 Å². The van der Waals surface area contributed by atoms with Crippen LogP contribution in [0.5, 0.6) is 0 Å². The third-order valence-electron chi connectivity index (χ3n) is 11.8. The first-order chi connectivity index (χ1) is 26.7. The van der Waals surface area contributed by atoms with Crippen LogP contribution in [0.4, 0.5) is 17.1 Å². The van der Waals surface area contributed by atoms with Crippen LogP contribution in [0, 0.1) is 5.92 Å². The summed E-state index contributed by atoms with van der Waals surface area (Å²) in [5.74, 6) is 0.512. The van der Waals surface area contributed by atoms with Gasteiger partial charge in [-0.25, -0.2) is 0 Å². The monoisotopic (exact) mass is 690 g/mol. The molecule has 2 heterocycles. The molecular weight excluding hydrogens is 657 g/mol. The van der Waals surface area contributed by atoms with Gasteiger partial charge in [-0.3, -0.25) is 0 Å². The number of aromatic nitrogens is 1. The predicted octanol–water partition coefficient (Wildman–Crippen LogP) is 14.2. The Morgan fingerprint density at radius 2 is 1.31 bits per heavy atom. The van der Waals surface area contributed by atoms with Gasteiger partial charge in [-0.2, -0.15) is 0 Å². The molecule has 0 saturated carbocycles. The summed E-state index contributed by atoms with van der Waals surface area (Å²) in [7, 11) is 0. The lowest BCUT2D eigenvalue weighted by molar-refractivity contribution is 0.669. The number of rotatable bonds is 4. The fraction of sp³-hybridized carbons (Fsp3) is 0.0588. The lowest BCUT2D eigenvalue weighted by Crippen LogP contribution is -2.12. The van der Waals surface area contributed by atoms with Gasteiger partial charge in [0, 0.05) is 49.7 Å². The zero-order chi connectivity index (χ0) is 35.5. The summed E-state index contributed by atoms with van der Waals surface area (Å²) in [5, 5.41) is 7.39. The summed E-state index contributed by atoms with van der Waals surface area (Å²) >= 11 is 0. The maximum atomic E-state index is 6.35. The Balaban J connectivity index is 1.18. The molecule has 2 aliphatic carbocycles. The summed E-state index contributed by atoms with van der Waals surface area (Å²) in [6.07, 6.45) is 5.82. The zero-order valence-electron chi connectivity index (χ0n) is 29.8. The first-order valence-electron chi connectivity index (χ1n) is 18.9. The number of nitrogens with zero attached hydrogens (tertiary/aromatic N) is 2. The van der Waals surface area contributed by atoms with Gasteiger partial charge in [0.05, 0.1) is 16.7 Å². The highest BCUT2D eigenvalue weighted by molar-refractivity contribution is 6.21. The molecule has 1 atom stereocenters. The summed E-state index contributed by atoms with van der Waals surface area (Å²) < 4.78 is 8.76. The van der Waals surface area contributed by atoms with Crippen LogP contribution in [0.25, 0.3) is 88.5 Å². The molecule has 3 nitrogen and oxygen atoms in total. The third-order valence-corrected chi connectivity index (χ3v) is 11.8. The summed E-state index contributed by atoms with van der Waals surface area (Å²) in [6, 6.07) is 57.7. The van der Waals surface area contributed by atoms with E-state index in [-0.39, 0.29) is 0 Å². The van der Waals surface area contributed by atoms with Gasteiger partial charge in [0.25, 0.3) is 0 Å². The molecule has 0 fully saturated rings. The number of fused-ring (bicyclic) bond motifs is 11. The Kier molecular flexibility index (Phi) is 6.10. The maximum absolute atomic E-state index is 6.35. The van der Waals surface area contributed by atoms with E-state index in [4.69, 9.17) is 4.42 Å². The lowest BCUT2D eigenvalue weighted by Gasteiger charge is -2.29. The van der Waals surface area contributed by atoms with Crippen LogP contribution in [0.1, 0.15) is 18.1 Å². The second kappa shape index (κ2) is 11.1. The summed E-state index contributed by atoms with van der Waals surface area (Å²) in [4.78, 5) is 2.48. The highest BCUT2D eigenvalue weighted by Gasteiger charge is 2.31. The molecule has 8 aromatic carbocycles. The Labute approximate surface area is 312 Å². The quantitative estimate of drug-likeness (QED) is 0.183. The van der Waals surface area contributed by atoms with Crippen molar-refractivity contribution in [1.82, 2.24) is 4.57 Å². The zero-order valence-corrected chi connectivity index (χ0v) is 29.8. The molecule has 0 amide bonds. The molecule has 0 radical (unpaired) electrons. The van der Waals surface area contributed by atoms with Crippen molar-refractivity contribution in [3.63, 3.8) is 0 Å². The molecule has 0 bridgehead atoms. The van der Waals surface area contributed by atoms with Crippen molar-refractivity contribution in [3.05, 3.63) is 175 Å². The van der Waals surface area contributed by atoms with Gasteiger partial charge < -0.3 is 13.9 Å². The average molecular weight is 691 g/mol. The van der Waals surface area contributed by atoms with E-state index in [9.17, 15) is 0 Å². The van der Waals surface area contributed by atoms with Crippen molar-refractivity contribution in [2.24, 2.45) is 5.92 Å². The van der Waals surface area contributed by atoms with Crippen molar-refractivity contribution < 1.29 is 4.42 Å². The van der Waals surface area contributed by atoms with E-state index >= 15 is 0 Å². The minimum atomic E-state index is 0.512. The van der Waals surface area contributed by atoms with Crippen LogP contribution in [0.3, 0.4) is 0 Å². The van der Waals surface area contributed by atoms with Gasteiger partial charge in [-0.15, -0.1) is 0 Å². The molecule has 10 aromatic rings. The van der Waals surface area contributed by atoms with Crippen LogP contribution in [-0.2, 0) is 6.42 Å². The third kappa shape index (κ3) is 4.12. The molecule has 12 rings (SSSR count). The summed E-state index contributed by atoms with van der Waals surface area (Å²) in [6.45, 7) is 2.32. The predicted molar refractivity (Wildman–Crippen MR) is 227 cm³/mol. The first kappa shape index (κ1) is 29.7. The summed E-state index contributed by atoms with van der Waals surface area (Å²) in [5.41, 5.74) is 16.7. The van der Waals surface area contributed by atoms with Gasteiger partial charge in [-0.05, 0) is 106 Å². The lowest BCUT2D eigenvalue weighted by atomic mass is 9.84. The molecule has 1 unspecified atom stereocenters. The molecule has 3 heteroatoms. The molecule has 2 aliphatic rings. The molecule has 54 heavy (non-hydrogen) atoms. The van der Waals surface area contributed by atoms with E-state index < -0.39 is 0 Å². The van der Waals surface area contributed by atoms with Crippen molar-refractivity contribution in [2.45, 2.75) is 13.3 Å². The second-order valence-electron chi connectivity index (χ2n) is 15.0. The van der Waals surface area contributed by atoms with E-state index in [2.05, 4.69) is 180 Å². The fourth-order valence-electron chi connectivity index (χ4n) is 9.50. The number of para-hydroxylation sites is 3. The van der Waals surface area contributed by atoms with Crippen molar-refractivity contribution >= 4 is 77.7 Å². The maximum Gasteiger partial charge on any atom is 0.135 e. The molecule has 0 N–H and O–H groups in total. The van der Waals surface area contributed by atoms with E-state index in [0.717, 1.165) is 45.4 Å². The topological polar surface area (TPSA) is 21.3 Å². The van der Waals surface area contributed by atoms with Crippen LogP contribution >= 0.6 is 0 Å². The first-order valence-corrected chi connectivity index (χ1v) is 18.9. The average Bonchev–Trinajstić information content (AvgIpc) is 3.87. The molecule has 0 saturated heterocycles. The largest absolute Gasteiger partial charge is 0.456 e. The SMILES string of the molecule is CC1C=Cc2c(cc3cccc4c3c2-c2c-4cccc2N(c2ccc3oc4ccccc4c3c2)c2ccc3c4ccccc4n(-c4ccccc4)c3c2)C1. The van der Waals surface area contributed by atoms with Crippen LogP contribution in [0.2, 0.25) is 0 Å². The van der Waals surface area contributed by atoms with E-state index in [0.29, 0.717) is 5.92 Å². The highest BCUT2D eigenvalue weighted by Crippen LogP contribution is 2.56. The van der Waals surface area contributed by atoms with Crippen molar-refractivity contribution in [1.29, 1.82) is 0 Å². The molecule has 0 spiro atoms. The van der Waals surface area contributed by atoms with E-state index in [1.54, 1.807) is 0 Å².